The van der Waals surface area contributed by atoms with Gasteiger partial charge in [0.05, 0.1) is 6.54 Å². The van der Waals surface area contributed by atoms with E-state index in [-0.39, 0.29) is 12.7 Å². The normalized spacial score (nSPS) is 12.0. The maximum Gasteiger partial charge on any atom is 0.239 e. The Bertz CT molecular complexity index is 673. The van der Waals surface area contributed by atoms with E-state index in [9.17, 15) is 4.79 Å². The molecule has 5 nitrogen and oxygen atoms in total. The Morgan fingerprint density at radius 2 is 1.91 bits per heavy atom. The van der Waals surface area contributed by atoms with Crippen LogP contribution in [-0.4, -0.2) is 25.8 Å². The Morgan fingerprint density at radius 3 is 2.70 bits per heavy atom. The van der Waals surface area contributed by atoms with Crippen LogP contribution in [0.2, 0.25) is 0 Å². The zero-order valence-corrected chi connectivity index (χ0v) is 13.1. The van der Waals surface area contributed by atoms with Crippen LogP contribution in [0.5, 0.6) is 11.5 Å². The van der Waals surface area contributed by atoms with Crippen molar-refractivity contribution < 1.29 is 14.3 Å². The van der Waals surface area contributed by atoms with Crippen LogP contribution in [0.3, 0.4) is 0 Å². The van der Waals surface area contributed by atoms with E-state index < -0.39 is 0 Å². The van der Waals surface area contributed by atoms with Gasteiger partial charge < -0.3 is 19.7 Å². The van der Waals surface area contributed by atoms with Crippen molar-refractivity contribution in [1.82, 2.24) is 5.32 Å². The largest absolute Gasteiger partial charge is 0.454 e. The molecule has 1 heterocycles. The molecule has 0 fully saturated rings. The van der Waals surface area contributed by atoms with Gasteiger partial charge in [0.1, 0.15) is 0 Å². The first-order chi connectivity index (χ1) is 11.3. The third-order valence-corrected chi connectivity index (χ3v) is 3.76. The number of hydrogen-bond donors (Lipinski definition) is 1. The minimum atomic E-state index is -0.00614. The Labute approximate surface area is 135 Å². The van der Waals surface area contributed by atoms with Crippen molar-refractivity contribution >= 4 is 11.6 Å². The number of likely N-dealkylation sites (N-methyl/N-ethyl adjacent to an activating group) is 1. The number of rotatable bonds is 6. The lowest BCUT2D eigenvalue weighted by atomic mass is 10.2. The molecule has 1 amide bonds. The van der Waals surface area contributed by atoms with Crippen molar-refractivity contribution in [2.75, 3.05) is 24.8 Å². The molecule has 0 saturated carbocycles. The van der Waals surface area contributed by atoms with Gasteiger partial charge in [0.15, 0.2) is 11.5 Å². The average molecular weight is 312 g/mol. The van der Waals surface area contributed by atoms with E-state index in [0.29, 0.717) is 13.1 Å². The molecule has 2 aromatic rings. The third-order valence-electron chi connectivity index (χ3n) is 3.76. The molecule has 0 bridgehead atoms. The van der Waals surface area contributed by atoms with E-state index >= 15 is 0 Å². The summed E-state index contributed by atoms with van der Waals surface area (Å²) in [6.45, 7) is 3.89. The van der Waals surface area contributed by atoms with Crippen molar-refractivity contribution in [1.29, 1.82) is 0 Å². The number of nitrogens with one attached hydrogen (secondary N) is 1. The number of anilines is 1. The molecule has 1 N–H and O–H groups in total. The van der Waals surface area contributed by atoms with Gasteiger partial charge in [0.25, 0.3) is 0 Å². The predicted molar refractivity (Wildman–Crippen MR) is 88.7 cm³/mol. The Balaban J connectivity index is 1.55. The smallest absolute Gasteiger partial charge is 0.239 e. The van der Waals surface area contributed by atoms with Gasteiger partial charge in [0, 0.05) is 18.8 Å². The topological polar surface area (TPSA) is 50.8 Å². The molecule has 0 unspecified atom stereocenters. The van der Waals surface area contributed by atoms with Gasteiger partial charge in [-0.1, -0.05) is 24.3 Å². The second-order valence-corrected chi connectivity index (χ2v) is 5.31. The van der Waals surface area contributed by atoms with Gasteiger partial charge in [-0.25, -0.2) is 0 Å². The number of fused-ring (bicyclic) bond motifs is 1. The van der Waals surface area contributed by atoms with Crippen LogP contribution in [0, 0.1) is 0 Å². The van der Waals surface area contributed by atoms with E-state index in [2.05, 4.69) is 5.32 Å². The van der Waals surface area contributed by atoms with Crippen molar-refractivity contribution in [3.05, 3.63) is 54.1 Å². The summed E-state index contributed by atoms with van der Waals surface area (Å²) in [5.41, 5.74) is 2.04. The number of ether oxygens (including phenoxy) is 2. The highest BCUT2D eigenvalue weighted by atomic mass is 16.7. The van der Waals surface area contributed by atoms with Crippen LogP contribution >= 0.6 is 0 Å². The first kappa shape index (κ1) is 15.2. The minimum Gasteiger partial charge on any atom is -0.454 e. The van der Waals surface area contributed by atoms with Crippen molar-refractivity contribution in [3.63, 3.8) is 0 Å². The number of amides is 1. The lowest BCUT2D eigenvalue weighted by Gasteiger charge is -2.22. The zero-order chi connectivity index (χ0) is 16.1. The predicted octanol–water partition coefficient (Wildman–Crippen LogP) is 2.56. The van der Waals surface area contributed by atoms with E-state index in [1.807, 2.05) is 60.4 Å². The first-order valence-electron chi connectivity index (χ1n) is 7.71. The quantitative estimate of drug-likeness (QED) is 0.890. The molecule has 5 heteroatoms. The summed E-state index contributed by atoms with van der Waals surface area (Å²) in [6, 6.07) is 15.6. The first-order valence-corrected chi connectivity index (χ1v) is 7.71. The molecular formula is C18H20N2O3. The molecule has 0 saturated heterocycles. The maximum atomic E-state index is 12.2. The monoisotopic (exact) mass is 312 g/mol. The molecule has 1 aliphatic rings. The SMILES string of the molecule is CCN(CC(=O)NCc1ccc2c(c1)OCO2)c1ccccc1. The summed E-state index contributed by atoms with van der Waals surface area (Å²) in [5.74, 6) is 1.48. The molecule has 0 atom stereocenters. The second kappa shape index (κ2) is 7.05. The molecule has 0 spiro atoms. The highest BCUT2D eigenvalue weighted by Crippen LogP contribution is 2.32. The van der Waals surface area contributed by atoms with Crippen LogP contribution in [0.4, 0.5) is 5.69 Å². The Morgan fingerprint density at radius 1 is 1.13 bits per heavy atom. The number of carbonyl (C=O) groups is 1. The van der Waals surface area contributed by atoms with Gasteiger partial charge in [0.2, 0.25) is 12.7 Å². The van der Waals surface area contributed by atoms with Crippen LogP contribution in [0.15, 0.2) is 48.5 Å². The highest BCUT2D eigenvalue weighted by Gasteiger charge is 2.14. The Kier molecular flexibility index (Phi) is 4.66. The van der Waals surface area contributed by atoms with Gasteiger partial charge in [-0.2, -0.15) is 0 Å². The summed E-state index contributed by atoms with van der Waals surface area (Å²) in [7, 11) is 0. The fourth-order valence-electron chi connectivity index (χ4n) is 2.51. The van der Waals surface area contributed by atoms with Crippen molar-refractivity contribution in [3.8, 4) is 11.5 Å². The maximum absolute atomic E-state index is 12.2. The highest BCUT2D eigenvalue weighted by molar-refractivity contribution is 5.81. The number of para-hydroxylation sites is 1. The second-order valence-electron chi connectivity index (χ2n) is 5.31. The van der Waals surface area contributed by atoms with Gasteiger partial charge in [-0.3, -0.25) is 4.79 Å². The van der Waals surface area contributed by atoms with Crippen LogP contribution in [0.25, 0.3) is 0 Å². The van der Waals surface area contributed by atoms with Crippen LogP contribution in [-0.2, 0) is 11.3 Å². The summed E-state index contributed by atoms with van der Waals surface area (Å²) < 4.78 is 10.6. The number of nitrogens with zero attached hydrogens (tertiary/aromatic N) is 1. The van der Waals surface area contributed by atoms with Crippen LogP contribution in [0.1, 0.15) is 12.5 Å². The lowest BCUT2D eigenvalue weighted by molar-refractivity contribution is -0.119. The number of benzene rings is 2. The van der Waals surface area contributed by atoms with E-state index in [1.165, 1.54) is 0 Å². The molecule has 0 aliphatic carbocycles. The molecular weight excluding hydrogens is 292 g/mol. The summed E-state index contributed by atoms with van der Waals surface area (Å²) in [4.78, 5) is 14.2. The third kappa shape index (κ3) is 3.74. The number of hydrogen-bond acceptors (Lipinski definition) is 4. The molecule has 120 valence electrons. The standard InChI is InChI=1S/C18H20N2O3/c1-2-20(15-6-4-3-5-7-15)12-18(21)19-11-14-8-9-16-17(10-14)23-13-22-16/h3-10H,2,11-13H2,1H3,(H,19,21). The molecule has 1 aliphatic heterocycles. The van der Waals surface area contributed by atoms with E-state index in [4.69, 9.17) is 9.47 Å². The summed E-state index contributed by atoms with van der Waals surface area (Å²) in [6.07, 6.45) is 0. The Hall–Kier alpha value is -2.69. The molecule has 2 aromatic carbocycles. The lowest BCUT2D eigenvalue weighted by Crippen LogP contribution is -2.36. The van der Waals surface area contributed by atoms with Gasteiger partial charge >= 0.3 is 0 Å². The van der Waals surface area contributed by atoms with Gasteiger partial charge in [-0.05, 0) is 36.8 Å². The minimum absolute atomic E-state index is 0.00614. The molecule has 0 aromatic heterocycles. The number of carbonyl (C=O) groups excluding carboxylic acids is 1. The fraction of sp³-hybridized carbons (Fsp3) is 0.278. The van der Waals surface area contributed by atoms with E-state index in [0.717, 1.165) is 29.3 Å². The van der Waals surface area contributed by atoms with Crippen molar-refractivity contribution in [2.24, 2.45) is 0 Å². The summed E-state index contributed by atoms with van der Waals surface area (Å²) >= 11 is 0. The van der Waals surface area contributed by atoms with Gasteiger partial charge in [-0.15, -0.1) is 0 Å². The van der Waals surface area contributed by atoms with Crippen molar-refractivity contribution in [2.45, 2.75) is 13.5 Å². The van der Waals surface area contributed by atoms with Crippen LogP contribution < -0.4 is 19.7 Å². The molecule has 0 radical (unpaired) electrons. The molecule has 23 heavy (non-hydrogen) atoms. The zero-order valence-electron chi connectivity index (χ0n) is 13.1. The average Bonchev–Trinajstić information content (AvgIpc) is 3.06. The molecule has 3 rings (SSSR count). The summed E-state index contributed by atoms with van der Waals surface area (Å²) in [5, 5.41) is 2.95. The fourth-order valence-corrected chi connectivity index (χ4v) is 2.51. The van der Waals surface area contributed by atoms with E-state index in [1.54, 1.807) is 0 Å².